The number of fused-ring (bicyclic) bond motifs is 1. The third-order valence-corrected chi connectivity index (χ3v) is 2.18. The Morgan fingerprint density at radius 1 is 1.60 bits per heavy atom. The van der Waals surface area contributed by atoms with Crippen LogP contribution in [0.25, 0.3) is 0 Å². The van der Waals surface area contributed by atoms with E-state index in [1.54, 1.807) is 0 Å². The number of rotatable bonds is 0. The molecule has 0 atom stereocenters. The first-order chi connectivity index (χ1) is 7.08. The van der Waals surface area contributed by atoms with Gasteiger partial charge in [0.2, 0.25) is 0 Å². The first-order valence-corrected chi connectivity index (χ1v) is 4.39. The molecule has 0 fully saturated rings. The van der Waals surface area contributed by atoms with Crippen molar-refractivity contribution in [1.29, 1.82) is 0 Å². The van der Waals surface area contributed by atoms with Crippen LogP contribution in [0.2, 0.25) is 0 Å². The minimum atomic E-state index is -0.578. The minimum absolute atomic E-state index is 0.300. The van der Waals surface area contributed by atoms with Gasteiger partial charge >= 0.3 is 6.03 Å². The van der Waals surface area contributed by atoms with Gasteiger partial charge in [-0.25, -0.2) is 9.18 Å². The summed E-state index contributed by atoms with van der Waals surface area (Å²) < 4.78 is 12.9. The van der Waals surface area contributed by atoms with E-state index in [2.05, 4.69) is 11.9 Å². The first-order valence-electron chi connectivity index (χ1n) is 4.39. The van der Waals surface area contributed by atoms with Gasteiger partial charge in [-0.05, 0) is 18.2 Å². The Hall–Kier alpha value is -2.04. The summed E-state index contributed by atoms with van der Waals surface area (Å²) in [6.45, 7) is 3.99. The zero-order valence-electron chi connectivity index (χ0n) is 7.96. The lowest BCUT2D eigenvalue weighted by molar-refractivity contribution is 0.254. The highest BCUT2D eigenvalue weighted by Gasteiger charge is 2.22. The Bertz CT molecular complexity index is 444. The van der Waals surface area contributed by atoms with Crippen molar-refractivity contribution >= 4 is 17.4 Å². The monoisotopic (exact) mass is 207 g/mol. The van der Waals surface area contributed by atoms with E-state index in [0.717, 1.165) is 0 Å². The van der Waals surface area contributed by atoms with Crippen molar-refractivity contribution in [1.82, 2.24) is 0 Å². The van der Waals surface area contributed by atoms with Crippen LogP contribution in [0.5, 0.6) is 0 Å². The number of primary amides is 1. The molecule has 0 aromatic heterocycles. The lowest BCUT2D eigenvalue weighted by Crippen LogP contribution is -2.41. The number of nitrogens with two attached hydrogens (primary N) is 1. The molecule has 0 saturated heterocycles. The normalized spacial score (nSPS) is 14.5. The highest BCUT2D eigenvalue weighted by atomic mass is 19.1. The molecule has 1 aromatic rings. The van der Waals surface area contributed by atoms with Gasteiger partial charge in [-0.15, -0.1) is 0 Å². The summed E-state index contributed by atoms with van der Waals surface area (Å²) in [5.74, 6) is -0.375. The first kappa shape index (κ1) is 9.51. The average molecular weight is 207 g/mol. The molecule has 0 unspecified atom stereocenters. The van der Waals surface area contributed by atoms with Crippen molar-refractivity contribution in [2.45, 2.75) is 0 Å². The molecule has 1 heterocycles. The molecule has 5 heteroatoms. The van der Waals surface area contributed by atoms with E-state index < -0.39 is 6.03 Å². The van der Waals surface area contributed by atoms with Gasteiger partial charge in [0.15, 0.2) is 0 Å². The average Bonchev–Trinajstić information content (AvgIpc) is 2.15. The number of urea groups is 1. The molecule has 0 saturated carbocycles. The molecule has 1 aliphatic rings. The fourth-order valence-corrected chi connectivity index (χ4v) is 1.55. The molecule has 0 bridgehead atoms. The molecule has 15 heavy (non-hydrogen) atoms. The fourth-order valence-electron chi connectivity index (χ4n) is 1.55. The van der Waals surface area contributed by atoms with Crippen molar-refractivity contribution in [3.63, 3.8) is 0 Å². The number of carbonyl (C=O) groups excluding carboxylic acids is 1. The molecule has 2 rings (SSSR count). The van der Waals surface area contributed by atoms with Gasteiger partial charge in [-0.1, -0.05) is 6.58 Å². The van der Waals surface area contributed by atoms with Crippen LogP contribution in [0.4, 0.5) is 20.6 Å². The van der Waals surface area contributed by atoms with Crippen LogP contribution in [0.15, 0.2) is 30.5 Å². The van der Waals surface area contributed by atoms with E-state index in [4.69, 9.17) is 5.73 Å². The number of hydrogen-bond acceptors (Lipinski definition) is 2. The van der Waals surface area contributed by atoms with Crippen molar-refractivity contribution in [3.05, 3.63) is 36.3 Å². The summed E-state index contributed by atoms with van der Waals surface area (Å²) in [5, 5.41) is 2.90. The lowest BCUT2D eigenvalue weighted by Gasteiger charge is -2.30. The number of amides is 2. The number of hydrogen-bond donors (Lipinski definition) is 2. The second-order valence-electron chi connectivity index (χ2n) is 3.31. The predicted molar refractivity (Wildman–Crippen MR) is 56.1 cm³/mol. The van der Waals surface area contributed by atoms with Crippen molar-refractivity contribution in [3.8, 4) is 0 Å². The molecular weight excluding hydrogens is 197 g/mol. The van der Waals surface area contributed by atoms with Gasteiger partial charge in [-0.2, -0.15) is 0 Å². The number of nitrogens with zero attached hydrogens (tertiary/aromatic N) is 1. The van der Waals surface area contributed by atoms with E-state index >= 15 is 0 Å². The van der Waals surface area contributed by atoms with E-state index in [-0.39, 0.29) is 5.82 Å². The van der Waals surface area contributed by atoms with Crippen molar-refractivity contribution in [2.75, 3.05) is 16.8 Å². The summed E-state index contributed by atoms with van der Waals surface area (Å²) in [6.07, 6.45) is 0. The van der Waals surface area contributed by atoms with Crippen molar-refractivity contribution < 1.29 is 9.18 Å². The molecular formula is C10H10FN3O. The molecule has 78 valence electrons. The summed E-state index contributed by atoms with van der Waals surface area (Å²) in [5.41, 5.74) is 6.88. The number of carbonyl (C=O) groups is 1. The van der Waals surface area contributed by atoms with Crippen LogP contribution in [-0.4, -0.2) is 12.6 Å². The third kappa shape index (κ3) is 1.63. The highest BCUT2D eigenvalue weighted by molar-refractivity contribution is 5.96. The topological polar surface area (TPSA) is 58.4 Å². The number of benzene rings is 1. The van der Waals surface area contributed by atoms with Crippen LogP contribution in [-0.2, 0) is 0 Å². The molecule has 3 N–H and O–H groups in total. The Morgan fingerprint density at radius 2 is 2.33 bits per heavy atom. The molecule has 1 aliphatic heterocycles. The summed E-state index contributed by atoms with van der Waals surface area (Å²) in [7, 11) is 0. The van der Waals surface area contributed by atoms with Crippen LogP contribution >= 0.6 is 0 Å². The summed E-state index contributed by atoms with van der Waals surface area (Å²) >= 11 is 0. The third-order valence-electron chi connectivity index (χ3n) is 2.18. The van der Waals surface area contributed by atoms with Gasteiger partial charge in [0, 0.05) is 5.70 Å². The second kappa shape index (κ2) is 3.27. The summed E-state index contributed by atoms with van der Waals surface area (Å²) in [6, 6.07) is 3.51. The second-order valence-corrected chi connectivity index (χ2v) is 3.31. The summed E-state index contributed by atoms with van der Waals surface area (Å²) in [4.78, 5) is 12.5. The van der Waals surface area contributed by atoms with E-state index in [9.17, 15) is 9.18 Å². The van der Waals surface area contributed by atoms with Crippen LogP contribution in [0.1, 0.15) is 0 Å². The zero-order valence-corrected chi connectivity index (χ0v) is 7.96. The molecule has 0 radical (unpaired) electrons. The maximum atomic E-state index is 12.9. The zero-order chi connectivity index (χ0) is 11.0. The number of nitrogens with one attached hydrogen (secondary N) is 1. The number of anilines is 2. The largest absolute Gasteiger partial charge is 0.356 e. The Balaban J connectivity index is 2.51. The Labute approximate surface area is 86.2 Å². The van der Waals surface area contributed by atoms with E-state index in [0.29, 0.717) is 23.6 Å². The fraction of sp³-hybridized carbons (Fsp3) is 0.100. The molecule has 1 aromatic carbocycles. The maximum absolute atomic E-state index is 12.9. The molecule has 2 amide bonds. The highest BCUT2D eigenvalue weighted by Crippen LogP contribution is 2.31. The Kier molecular flexibility index (Phi) is 2.07. The van der Waals surface area contributed by atoms with Crippen molar-refractivity contribution in [2.24, 2.45) is 5.73 Å². The van der Waals surface area contributed by atoms with Gasteiger partial charge in [0.25, 0.3) is 0 Å². The maximum Gasteiger partial charge on any atom is 0.319 e. The standard InChI is InChI=1S/C10H10FN3O/c1-6-5-14(10(12)15)9-3-2-7(11)4-8(9)13-6/h2-4,13H,1,5H2,(H2,12,15). The molecule has 0 aliphatic carbocycles. The predicted octanol–water partition coefficient (Wildman–Crippen LogP) is 1.65. The quantitative estimate of drug-likeness (QED) is 0.679. The van der Waals surface area contributed by atoms with Crippen LogP contribution in [0.3, 0.4) is 0 Å². The van der Waals surface area contributed by atoms with Gasteiger partial charge in [-0.3, -0.25) is 4.90 Å². The van der Waals surface area contributed by atoms with Gasteiger partial charge < -0.3 is 11.1 Å². The Morgan fingerprint density at radius 3 is 3.00 bits per heavy atom. The molecule has 4 nitrogen and oxygen atoms in total. The smallest absolute Gasteiger partial charge is 0.319 e. The lowest BCUT2D eigenvalue weighted by atomic mass is 10.2. The van der Waals surface area contributed by atoms with E-state index in [1.165, 1.54) is 23.1 Å². The van der Waals surface area contributed by atoms with Crippen LogP contribution in [0, 0.1) is 5.82 Å². The van der Waals surface area contributed by atoms with Gasteiger partial charge in [0.05, 0.1) is 17.9 Å². The SMILES string of the molecule is C=C1CN(C(N)=O)c2ccc(F)cc2N1. The number of halogens is 1. The minimum Gasteiger partial charge on any atom is -0.356 e. The molecule has 0 spiro atoms. The van der Waals surface area contributed by atoms with E-state index in [1.807, 2.05) is 0 Å². The van der Waals surface area contributed by atoms with Gasteiger partial charge in [0.1, 0.15) is 5.82 Å². The van der Waals surface area contributed by atoms with Crippen LogP contribution < -0.4 is 16.0 Å².